The number of hydrazine groups is 1. The second kappa shape index (κ2) is 13.0. The van der Waals surface area contributed by atoms with Crippen LogP contribution < -0.4 is 10.7 Å². The summed E-state index contributed by atoms with van der Waals surface area (Å²) in [7, 11) is 0. The highest BCUT2D eigenvalue weighted by Gasteiger charge is 2.37. The topological polar surface area (TPSA) is 155 Å². The van der Waals surface area contributed by atoms with E-state index >= 15 is 0 Å². The van der Waals surface area contributed by atoms with Crippen molar-refractivity contribution in [2.45, 2.75) is 78.5 Å². The maximum absolute atomic E-state index is 13.5. The summed E-state index contributed by atoms with van der Waals surface area (Å²) in [6, 6.07) is 7.19. The molecule has 0 unspecified atom stereocenters. The molecule has 0 aliphatic carbocycles. The number of aromatic nitrogens is 1. The molecule has 4 atom stereocenters. The molecule has 5 bridgehead atoms. The Kier molecular flexibility index (Phi) is 9.64. The molecule has 11 heteroatoms. The van der Waals surface area contributed by atoms with E-state index in [-0.39, 0.29) is 24.7 Å². The fraction of sp³-hybridized carbons (Fsp3) is 0.500. The van der Waals surface area contributed by atoms with E-state index in [0.29, 0.717) is 24.1 Å². The standard InChI is InChI=1S/C32H40N4O7/c1-18(2)22-16-27(37)32(4,5)13-12-20-8-9-21-10-11-23(33-25(21)15-20)19(3)43-31(42)24-7-6-14-36(35-24)30(41)26(17-28(38)39)34-29(22)40/h8-13,15,18-19,22,24,26,35H,6-7,14,16-17H2,1-5H3,(H,34,40)(H,38,39)/b13-12+/t19-,22+,24+,26+/m1/s1. The van der Waals surface area contributed by atoms with Gasteiger partial charge in [0.2, 0.25) is 5.91 Å². The van der Waals surface area contributed by atoms with Crippen LogP contribution in [0.15, 0.2) is 36.4 Å². The SMILES string of the molecule is CC(C)[C@@H]1CC(=O)C(C)(C)/C=C/c2ccc3ccc(nc3c2)[C@@H](C)OC(=O)[C@@H]2CCCN(N2)C(=O)[C@H](CC(=O)O)NC1=O. The molecule has 11 nitrogen and oxygen atoms in total. The van der Waals surface area contributed by atoms with Crippen molar-refractivity contribution in [3.05, 3.63) is 47.7 Å². The van der Waals surface area contributed by atoms with Crippen molar-refractivity contribution >= 4 is 46.5 Å². The lowest BCUT2D eigenvalue weighted by Crippen LogP contribution is -2.60. The molecule has 0 saturated carbocycles. The molecule has 2 aliphatic heterocycles. The van der Waals surface area contributed by atoms with E-state index in [0.717, 1.165) is 10.9 Å². The molecule has 2 aromatic rings. The van der Waals surface area contributed by atoms with Crippen LogP contribution in [0.4, 0.5) is 0 Å². The van der Waals surface area contributed by atoms with Gasteiger partial charge in [0.15, 0.2) is 0 Å². The maximum atomic E-state index is 13.5. The molecule has 1 fully saturated rings. The first kappa shape index (κ1) is 31.8. The molecule has 1 aromatic carbocycles. The van der Waals surface area contributed by atoms with Crippen LogP contribution in [-0.2, 0) is 28.7 Å². The third-order valence-corrected chi connectivity index (χ3v) is 8.14. The number of pyridine rings is 1. The van der Waals surface area contributed by atoms with Gasteiger partial charge in [0.05, 0.1) is 17.6 Å². The zero-order chi connectivity index (χ0) is 31.5. The molecule has 1 aromatic heterocycles. The number of ketones is 1. The molecule has 3 N–H and O–H groups in total. The summed E-state index contributed by atoms with van der Waals surface area (Å²) in [6.45, 7) is 9.09. The van der Waals surface area contributed by atoms with Gasteiger partial charge in [0.1, 0.15) is 24.0 Å². The lowest BCUT2D eigenvalue weighted by molar-refractivity contribution is -0.158. The third-order valence-electron chi connectivity index (χ3n) is 8.14. The first-order chi connectivity index (χ1) is 20.2. The number of nitrogens with zero attached hydrogens (tertiary/aromatic N) is 2. The molecule has 43 heavy (non-hydrogen) atoms. The number of carboxylic acids is 1. The van der Waals surface area contributed by atoms with Crippen molar-refractivity contribution in [2.75, 3.05) is 6.54 Å². The minimum absolute atomic E-state index is 0.0920. The number of ether oxygens (including phenoxy) is 1. The van der Waals surface area contributed by atoms with Crippen molar-refractivity contribution in [1.29, 1.82) is 0 Å². The van der Waals surface area contributed by atoms with Crippen LogP contribution in [0.3, 0.4) is 0 Å². The Bertz CT molecular complexity index is 1450. The number of carboxylic acid groups (broad SMARTS) is 1. The normalized spacial score (nSPS) is 26.2. The van der Waals surface area contributed by atoms with E-state index in [1.54, 1.807) is 46.8 Å². The second-order valence-corrected chi connectivity index (χ2v) is 12.3. The predicted octanol–water partition coefficient (Wildman–Crippen LogP) is 3.58. The molecule has 2 aliphatic rings. The Labute approximate surface area is 251 Å². The monoisotopic (exact) mass is 592 g/mol. The van der Waals surface area contributed by atoms with E-state index in [4.69, 9.17) is 9.72 Å². The molecular formula is C32H40N4O7. The van der Waals surface area contributed by atoms with Gasteiger partial charge in [0, 0.05) is 29.7 Å². The summed E-state index contributed by atoms with van der Waals surface area (Å²) in [6.07, 6.45) is 3.06. The van der Waals surface area contributed by atoms with E-state index in [9.17, 15) is 29.1 Å². The van der Waals surface area contributed by atoms with E-state index < -0.39 is 59.7 Å². The fourth-order valence-electron chi connectivity index (χ4n) is 5.24. The van der Waals surface area contributed by atoms with Gasteiger partial charge < -0.3 is 15.2 Å². The number of carbonyl (C=O) groups is 5. The van der Waals surface area contributed by atoms with Crippen LogP contribution in [0.5, 0.6) is 0 Å². The number of benzene rings is 1. The first-order valence-electron chi connectivity index (χ1n) is 14.7. The predicted molar refractivity (Wildman–Crippen MR) is 159 cm³/mol. The summed E-state index contributed by atoms with van der Waals surface area (Å²) in [4.78, 5) is 70.0. The first-order valence-corrected chi connectivity index (χ1v) is 14.7. The second-order valence-electron chi connectivity index (χ2n) is 12.3. The van der Waals surface area contributed by atoms with Crippen LogP contribution in [0, 0.1) is 17.3 Å². The minimum Gasteiger partial charge on any atom is -0.481 e. The van der Waals surface area contributed by atoms with Gasteiger partial charge in [-0.15, -0.1) is 0 Å². The number of hydrogen-bond acceptors (Lipinski definition) is 8. The quantitative estimate of drug-likeness (QED) is 0.454. The summed E-state index contributed by atoms with van der Waals surface area (Å²) in [5.41, 5.74) is 4.03. The van der Waals surface area contributed by atoms with Crippen molar-refractivity contribution in [1.82, 2.24) is 20.7 Å². The van der Waals surface area contributed by atoms with Crippen molar-refractivity contribution in [2.24, 2.45) is 17.3 Å². The smallest absolute Gasteiger partial charge is 0.325 e. The molecule has 230 valence electrons. The Morgan fingerprint density at radius 2 is 1.88 bits per heavy atom. The highest BCUT2D eigenvalue weighted by molar-refractivity contribution is 5.95. The fourth-order valence-corrected chi connectivity index (χ4v) is 5.24. The molecule has 2 amide bonds. The lowest BCUT2D eigenvalue weighted by Gasteiger charge is -2.35. The lowest BCUT2D eigenvalue weighted by atomic mass is 9.79. The number of fused-ring (bicyclic) bond motifs is 4. The molecule has 1 saturated heterocycles. The summed E-state index contributed by atoms with van der Waals surface area (Å²) in [5.74, 6) is -4.34. The van der Waals surface area contributed by atoms with Crippen LogP contribution in [-0.4, -0.2) is 63.3 Å². The van der Waals surface area contributed by atoms with Crippen molar-refractivity contribution < 1.29 is 33.8 Å². The number of allylic oxidation sites excluding steroid dienone is 1. The van der Waals surface area contributed by atoms with E-state index in [1.807, 2.05) is 30.3 Å². The number of Topliss-reactive ketones (excluding diaryl/α,β-unsaturated/α-hetero) is 1. The zero-order valence-corrected chi connectivity index (χ0v) is 25.3. The minimum atomic E-state index is -1.40. The van der Waals surface area contributed by atoms with Gasteiger partial charge in [-0.05, 0) is 57.2 Å². The molecule has 3 heterocycles. The summed E-state index contributed by atoms with van der Waals surface area (Å²) in [5, 5.41) is 14.2. The van der Waals surface area contributed by atoms with Crippen LogP contribution in [0.25, 0.3) is 17.0 Å². The number of amides is 2. The van der Waals surface area contributed by atoms with Crippen LogP contribution in [0.2, 0.25) is 0 Å². The van der Waals surface area contributed by atoms with Gasteiger partial charge in [-0.25, -0.2) is 10.4 Å². The number of hydrogen-bond donors (Lipinski definition) is 3. The number of nitrogens with one attached hydrogen (secondary N) is 2. The molecule has 4 rings (SSSR count). The largest absolute Gasteiger partial charge is 0.481 e. The Morgan fingerprint density at radius 3 is 2.58 bits per heavy atom. The summed E-state index contributed by atoms with van der Waals surface area (Å²) >= 11 is 0. The van der Waals surface area contributed by atoms with Crippen molar-refractivity contribution in [3.8, 4) is 0 Å². The maximum Gasteiger partial charge on any atom is 0.325 e. The van der Waals surface area contributed by atoms with Crippen LogP contribution >= 0.6 is 0 Å². The molecular weight excluding hydrogens is 552 g/mol. The number of aliphatic carboxylic acids is 1. The number of cyclic esters (lactones) is 1. The Balaban J connectivity index is 1.73. The van der Waals surface area contributed by atoms with Gasteiger partial charge in [0.25, 0.3) is 5.91 Å². The Hall–Kier alpha value is -4.12. The number of esters is 1. The van der Waals surface area contributed by atoms with Crippen molar-refractivity contribution in [3.63, 3.8) is 0 Å². The van der Waals surface area contributed by atoms with Gasteiger partial charge in [-0.3, -0.25) is 29.0 Å². The van der Waals surface area contributed by atoms with Gasteiger partial charge in [-0.2, -0.15) is 0 Å². The summed E-state index contributed by atoms with van der Waals surface area (Å²) < 4.78 is 5.73. The highest BCUT2D eigenvalue weighted by Crippen LogP contribution is 2.28. The number of rotatable bonds is 3. The highest BCUT2D eigenvalue weighted by atomic mass is 16.5. The molecule has 0 radical (unpaired) electrons. The number of carbonyl (C=O) groups excluding carboxylic acids is 4. The van der Waals surface area contributed by atoms with Crippen LogP contribution in [0.1, 0.15) is 77.7 Å². The zero-order valence-electron chi connectivity index (χ0n) is 25.3. The van der Waals surface area contributed by atoms with Gasteiger partial charge >= 0.3 is 11.9 Å². The molecule has 0 spiro atoms. The van der Waals surface area contributed by atoms with Gasteiger partial charge in [-0.1, -0.05) is 44.2 Å². The Morgan fingerprint density at radius 1 is 1.16 bits per heavy atom. The van der Waals surface area contributed by atoms with E-state index in [1.165, 1.54) is 5.01 Å². The third kappa shape index (κ3) is 7.64. The average molecular weight is 593 g/mol. The average Bonchev–Trinajstić information content (AvgIpc) is 2.96. The van der Waals surface area contributed by atoms with E-state index in [2.05, 4.69) is 10.7 Å².